The maximum atomic E-state index is 3.88. The molecule has 1 aliphatic carbocycles. The van der Waals surface area contributed by atoms with Crippen LogP contribution in [0.15, 0.2) is 0 Å². The molecule has 2 nitrogen and oxygen atoms in total. The Hall–Kier alpha value is -0.0800. The minimum Gasteiger partial charge on any atom is -0.312 e. The molecule has 2 aliphatic rings. The van der Waals surface area contributed by atoms with Gasteiger partial charge in [0.1, 0.15) is 0 Å². The first-order valence-corrected chi connectivity index (χ1v) is 9.24. The van der Waals surface area contributed by atoms with Crippen LogP contribution in [-0.4, -0.2) is 36.1 Å². The van der Waals surface area contributed by atoms with Crippen molar-refractivity contribution < 1.29 is 0 Å². The van der Waals surface area contributed by atoms with Crippen molar-refractivity contribution in [2.24, 2.45) is 5.92 Å². The monoisotopic (exact) mass is 280 g/mol. The fourth-order valence-corrected chi connectivity index (χ4v) is 4.65. The molecule has 20 heavy (non-hydrogen) atoms. The average Bonchev–Trinajstić information content (AvgIpc) is 2.77. The lowest BCUT2D eigenvalue weighted by molar-refractivity contribution is 0.0618. The summed E-state index contributed by atoms with van der Waals surface area (Å²) < 4.78 is 0. The van der Waals surface area contributed by atoms with Gasteiger partial charge in [-0.15, -0.1) is 0 Å². The molecule has 0 bridgehead atoms. The summed E-state index contributed by atoms with van der Waals surface area (Å²) in [5.41, 5.74) is 0.457. The van der Waals surface area contributed by atoms with E-state index < -0.39 is 0 Å². The van der Waals surface area contributed by atoms with Gasteiger partial charge in [-0.25, -0.2) is 0 Å². The van der Waals surface area contributed by atoms with Crippen LogP contribution in [0.4, 0.5) is 0 Å². The van der Waals surface area contributed by atoms with Crippen molar-refractivity contribution >= 4 is 0 Å². The smallest absolute Gasteiger partial charge is 0.0223 e. The van der Waals surface area contributed by atoms with Crippen molar-refractivity contribution in [2.45, 2.75) is 90.1 Å². The zero-order chi connectivity index (χ0) is 14.4. The molecule has 118 valence electrons. The molecule has 1 heterocycles. The molecule has 1 atom stereocenters. The first-order chi connectivity index (χ1) is 9.75. The molecular formula is C18H36N2. The number of hydrogen-bond acceptors (Lipinski definition) is 2. The summed E-state index contributed by atoms with van der Waals surface area (Å²) in [5.74, 6) is 0.938. The molecule has 2 fully saturated rings. The second-order valence-electron chi connectivity index (χ2n) is 7.04. The van der Waals surface area contributed by atoms with Crippen molar-refractivity contribution in [2.75, 3.05) is 19.6 Å². The highest BCUT2D eigenvalue weighted by atomic mass is 15.2. The third-order valence-corrected chi connectivity index (χ3v) is 6.29. The molecule has 0 aromatic rings. The van der Waals surface area contributed by atoms with Gasteiger partial charge in [-0.1, -0.05) is 40.0 Å². The van der Waals surface area contributed by atoms with E-state index >= 15 is 0 Å². The molecule has 0 aromatic carbocycles. The van der Waals surface area contributed by atoms with Gasteiger partial charge in [-0.3, -0.25) is 4.90 Å². The van der Waals surface area contributed by atoms with Crippen LogP contribution >= 0.6 is 0 Å². The van der Waals surface area contributed by atoms with Gasteiger partial charge in [0.05, 0.1) is 0 Å². The summed E-state index contributed by atoms with van der Waals surface area (Å²) in [7, 11) is 0. The normalized spacial score (nSPS) is 27.4. The van der Waals surface area contributed by atoms with Crippen LogP contribution in [0, 0.1) is 5.92 Å². The van der Waals surface area contributed by atoms with E-state index in [1.54, 1.807) is 0 Å². The molecular weight excluding hydrogens is 244 g/mol. The molecule has 1 unspecified atom stereocenters. The van der Waals surface area contributed by atoms with E-state index in [4.69, 9.17) is 0 Å². The zero-order valence-electron chi connectivity index (χ0n) is 14.1. The highest BCUT2D eigenvalue weighted by Crippen LogP contribution is 2.32. The molecule has 2 heteroatoms. The van der Waals surface area contributed by atoms with Crippen LogP contribution in [0.5, 0.6) is 0 Å². The zero-order valence-corrected chi connectivity index (χ0v) is 14.1. The first kappa shape index (κ1) is 16.3. The summed E-state index contributed by atoms with van der Waals surface area (Å²) in [4.78, 5) is 2.85. The highest BCUT2D eigenvalue weighted by Gasteiger charge is 2.35. The minimum atomic E-state index is 0.457. The van der Waals surface area contributed by atoms with Crippen LogP contribution in [-0.2, 0) is 0 Å². The van der Waals surface area contributed by atoms with E-state index in [1.165, 1.54) is 77.4 Å². The van der Waals surface area contributed by atoms with E-state index in [0.717, 1.165) is 12.0 Å². The van der Waals surface area contributed by atoms with Gasteiger partial charge >= 0.3 is 0 Å². The van der Waals surface area contributed by atoms with E-state index in [0.29, 0.717) is 5.54 Å². The predicted molar refractivity (Wildman–Crippen MR) is 88.2 cm³/mol. The fraction of sp³-hybridized carbons (Fsp3) is 1.00. The molecule has 1 N–H and O–H groups in total. The summed E-state index contributed by atoms with van der Waals surface area (Å²) in [6, 6.07) is 0.752. The highest BCUT2D eigenvalue weighted by molar-refractivity contribution is 4.93. The van der Waals surface area contributed by atoms with Gasteiger partial charge in [-0.05, 0) is 57.5 Å². The predicted octanol–water partition coefficient (Wildman–Crippen LogP) is 4.20. The molecule has 0 amide bonds. The Morgan fingerprint density at radius 2 is 1.60 bits per heavy atom. The Morgan fingerprint density at radius 3 is 2.20 bits per heavy atom. The topological polar surface area (TPSA) is 15.3 Å². The van der Waals surface area contributed by atoms with E-state index in [2.05, 4.69) is 31.0 Å². The molecule has 2 rings (SSSR count). The summed E-state index contributed by atoms with van der Waals surface area (Å²) in [5, 5.41) is 3.88. The van der Waals surface area contributed by atoms with Crippen molar-refractivity contribution in [3.8, 4) is 0 Å². The van der Waals surface area contributed by atoms with E-state index in [9.17, 15) is 0 Å². The van der Waals surface area contributed by atoms with Gasteiger partial charge < -0.3 is 5.32 Å². The lowest BCUT2D eigenvalue weighted by Gasteiger charge is -2.44. The maximum Gasteiger partial charge on any atom is 0.0223 e. The third-order valence-electron chi connectivity index (χ3n) is 6.29. The van der Waals surface area contributed by atoms with Crippen molar-refractivity contribution in [3.63, 3.8) is 0 Å². The lowest BCUT2D eigenvalue weighted by Crippen LogP contribution is -2.53. The average molecular weight is 280 g/mol. The summed E-state index contributed by atoms with van der Waals surface area (Å²) in [6.45, 7) is 11.0. The van der Waals surface area contributed by atoms with E-state index in [-0.39, 0.29) is 0 Å². The Balaban J connectivity index is 2.05. The molecule has 1 aliphatic heterocycles. The fourth-order valence-electron chi connectivity index (χ4n) is 4.65. The van der Waals surface area contributed by atoms with Crippen molar-refractivity contribution in [1.82, 2.24) is 10.2 Å². The Morgan fingerprint density at radius 1 is 0.950 bits per heavy atom. The Kier molecular flexibility index (Phi) is 6.35. The number of nitrogens with one attached hydrogen (secondary N) is 1. The quantitative estimate of drug-likeness (QED) is 0.812. The third kappa shape index (κ3) is 3.57. The molecule has 1 saturated carbocycles. The maximum absolute atomic E-state index is 3.88. The van der Waals surface area contributed by atoms with Gasteiger partial charge in [0, 0.05) is 18.1 Å². The van der Waals surface area contributed by atoms with Crippen LogP contribution in [0.3, 0.4) is 0 Å². The lowest BCUT2D eigenvalue weighted by atomic mass is 9.82. The molecule has 0 radical (unpaired) electrons. The second kappa shape index (κ2) is 7.79. The van der Waals surface area contributed by atoms with E-state index in [1.807, 2.05) is 0 Å². The van der Waals surface area contributed by atoms with Crippen LogP contribution in [0.25, 0.3) is 0 Å². The second-order valence-corrected chi connectivity index (χ2v) is 7.04. The summed E-state index contributed by atoms with van der Waals surface area (Å²) >= 11 is 0. The van der Waals surface area contributed by atoms with Crippen molar-refractivity contribution in [1.29, 1.82) is 0 Å². The van der Waals surface area contributed by atoms with Gasteiger partial charge in [0.25, 0.3) is 0 Å². The minimum absolute atomic E-state index is 0.457. The van der Waals surface area contributed by atoms with Crippen LogP contribution in [0.1, 0.15) is 78.6 Å². The molecule has 0 aromatic heterocycles. The first-order valence-electron chi connectivity index (χ1n) is 9.24. The number of rotatable bonds is 5. The number of nitrogens with zero attached hydrogens (tertiary/aromatic N) is 1. The van der Waals surface area contributed by atoms with Gasteiger partial charge in [0.15, 0.2) is 0 Å². The Labute approximate surface area is 126 Å². The molecule has 0 spiro atoms. The number of hydrogen-bond donors (Lipinski definition) is 1. The van der Waals surface area contributed by atoms with Crippen LogP contribution < -0.4 is 5.32 Å². The van der Waals surface area contributed by atoms with Gasteiger partial charge in [-0.2, -0.15) is 0 Å². The standard InChI is InChI=1S/C18H36N2/c1-4-18(5-2,6-3)20-14-10-13-19-17(15-20)16-11-8-7-9-12-16/h16-17,19H,4-15H2,1-3H3. The van der Waals surface area contributed by atoms with Crippen molar-refractivity contribution in [3.05, 3.63) is 0 Å². The van der Waals surface area contributed by atoms with Gasteiger partial charge in [0.2, 0.25) is 0 Å². The summed E-state index contributed by atoms with van der Waals surface area (Å²) in [6.07, 6.45) is 12.5. The Bertz CT molecular complexity index is 258. The largest absolute Gasteiger partial charge is 0.312 e. The van der Waals surface area contributed by atoms with Crippen LogP contribution in [0.2, 0.25) is 0 Å². The molecule has 1 saturated heterocycles. The SMILES string of the molecule is CCC(CC)(CC)N1CCCNC(C2CCCCC2)C1.